The largest absolute Gasteiger partial charge is 0.476 e. The highest BCUT2D eigenvalue weighted by molar-refractivity contribution is 5.03. The number of aromatic nitrogens is 2. The quantitative estimate of drug-likeness (QED) is 0.661. The van der Waals surface area contributed by atoms with Crippen LogP contribution in [0.2, 0.25) is 0 Å². The summed E-state index contributed by atoms with van der Waals surface area (Å²) in [7, 11) is 0. The van der Waals surface area contributed by atoms with E-state index in [1.807, 2.05) is 0 Å². The minimum absolute atomic E-state index is 0.633. The molecule has 1 rings (SSSR count). The number of hydrogen-bond donors (Lipinski definition) is 1. The van der Waals surface area contributed by atoms with Gasteiger partial charge in [-0.25, -0.2) is 9.97 Å². The molecule has 1 N–H and O–H groups in total. The fourth-order valence-corrected chi connectivity index (χ4v) is 0.893. The molecule has 0 atom stereocenters. The van der Waals surface area contributed by atoms with Crippen LogP contribution < -0.4 is 10.1 Å². The summed E-state index contributed by atoms with van der Waals surface area (Å²) < 4.78 is 5.34. The zero-order valence-corrected chi connectivity index (χ0v) is 7.86. The van der Waals surface area contributed by atoms with Gasteiger partial charge in [0.1, 0.15) is 12.9 Å². The van der Waals surface area contributed by atoms with Crippen molar-refractivity contribution in [3.8, 4) is 5.88 Å². The summed E-state index contributed by atoms with van der Waals surface area (Å²) in [4.78, 5) is 7.73. The van der Waals surface area contributed by atoms with E-state index in [4.69, 9.17) is 4.74 Å². The first kappa shape index (κ1) is 9.92. The average Bonchev–Trinajstić information content (AvgIpc) is 2.19. The van der Waals surface area contributed by atoms with Crippen molar-refractivity contribution < 1.29 is 4.74 Å². The van der Waals surface area contributed by atoms with E-state index in [-0.39, 0.29) is 0 Å². The molecule has 0 amide bonds. The Kier molecular flexibility index (Phi) is 4.86. The molecule has 0 unspecified atom stereocenters. The second-order valence-corrected chi connectivity index (χ2v) is 2.65. The lowest BCUT2D eigenvalue weighted by molar-refractivity contribution is 0.302. The molecule has 0 saturated heterocycles. The normalized spacial score (nSPS) is 9.92. The molecule has 0 spiro atoms. The van der Waals surface area contributed by atoms with Crippen molar-refractivity contribution in [1.29, 1.82) is 0 Å². The second kappa shape index (κ2) is 6.37. The fourth-order valence-electron chi connectivity index (χ4n) is 0.893. The van der Waals surface area contributed by atoms with E-state index in [2.05, 4.69) is 22.2 Å². The van der Waals surface area contributed by atoms with Crippen molar-refractivity contribution >= 4 is 0 Å². The molecule has 0 fully saturated rings. The third-order valence-corrected chi connectivity index (χ3v) is 1.51. The first-order valence-electron chi connectivity index (χ1n) is 4.53. The van der Waals surface area contributed by atoms with Crippen LogP contribution in [0.1, 0.15) is 13.3 Å². The van der Waals surface area contributed by atoms with E-state index < -0.39 is 0 Å². The SMILES string of the molecule is CCCNCCOc1ccncn1. The van der Waals surface area contributed by atoms with Crippen LogP contribution in [0.4, 0.5) is 0 Å². The van der Waals surface area contributed by atoms with Crippen molar-refractivity contribution in [3.63, 3.8) is 0 Å². The summed E-state index contributed by atoms with van der Waals surface area (Å²) in [5, 5.41) is 3.24. The highest BCUT2D eigenvalue weighted by atomic mass is 16.5. The van der Waals surface area contributed by atoms with Crippen LogP contribution in [0.3, 0.4) is 0 Å². The molecule has 4 nitrogen and oxygen atoms in total. The maximum Gasteiger partial charge on any atom is 0.216 e. The van der Waals surface area contributed by atoms with Gasteiger partial charge in [0.15, 0.2) is 0 Å². The topological polar surface area (TPSA) is 47.0 Å². The molecule has 0 aliphatic heterocycles. The Morgan fingerprint density at radius 2 is 2.38 bits per heavy atom. The van der Waals surface area contributed by atoms with Crippen LogP contribution in [0.15, 0.2) is 18.6 Å². The number of ether oxygens (including phenoxy) is 1. The zero-order valence-electron chi connectivity index (χ0n) is 7.86. The third kappa shape index (κ3) is 4.42. The van der Waals surface area contributed by atoms with Crippen LogP contribution in [0.5, 0.6) is 5.88 Å². The fraction of sp³-hybridized carbons (Fsp3) is 0.556. The summed E-state index contributed by atoms with van der Waals surface area (Å²) in [5.74, 6) is 0.633. The van der Waals surface area contributed by atoms with Crippen LogP contribution in [-0.2, 0) is 0 Å². The number of rotatable bonds is 6. The first-order valence-corrected chi connectivity index (χ1v) is 4.53. The molecular weight excluding hydrogens is 166 g/mol. The standard InChI is InChI=1S/C9H15N3O/c1-2-4-10-6-7-13-9-3-5-11-8-12-9/h3,5,8,10H,2,4,6-7H2,1H3. The summed E-state index contributed by atoms with van der Waals surface area (Å²) in [6.07, 6.45) is 4.30. The van der Waals surface area contributed by atoms with E-state index >= 15 is 0 Å². The van der Waals surface area contributed by atoms with Gasteiger partial charge in [-0.3, -0.25) is 0 Å². The summed E-state index contributed by atoms with van der Waals surface area (Å²) in [5.41, 5.74) is 0. The van der Waals surface area contributed by atoms with Gasteiger partial charge in [0, 0.05) is 18.8 Å². The lowest BCUT2D eigenvalue weighted by Crippen LogP contribution is -2.21. The maximum atomic E-state index is 5.34. The molecule has 13 heavy (non-hydrogen) atoms. The molecule has 0 radical (unpaired) electrons. The monoisotopic (exact) mass is 181 g/mol. The van der Waals surface area contributed by atoms with E-state index in [1.54, 1.807) is 12.3 Å². The smallest absolute Gasteiger partial charge is 0.216 e. The lowest BCUT2D eigenvalue weighted by Gasteiger charge is -2.04. The van der Waals surface area contributed by atoms with Crippen molar-refractivity contribution in [2.75, 3.05) is 19.7 Å². The van der Waals surface area contributed by atoms with E-state index in [0.717, 1.165) is 19.5 Å². The van der Waals surface area contributed by atoms with Gasteiger partial charge in [0.25, 0.3) is 0 Å². The van der Waals surface area contributed by atoms with Gasteiger partial charge < -0.3 is 10.1 Å². The molecule has 4 heteroatoms. The van der Waals surface area contributed by atoms with Crippen LogP contribution in [-0.4, -0.2) is 29.7 Å². The van der Waals surface area contributed by atoms with Gasteiger partial charge in [-0.2, -0.15) is 0 Å². The van der Waals surface area contributed by atoms with Gasteiger partial charge in [-0.05, 0) is 13.0 Å². The van der Waals surface area contributed by atoms with Gasteiger partial charge in [-0.1, -0.05) is 6.92 Å². The van der Waals surface area contributed by atoms with E-state index in [0.29, 0.717) is 12.5 Å². The van der Waals surface area contributed by atoms with Gasteiger partial charge >= 0.3 is 0 Å². The number of nitrogens with one attached hydrogen (secondary N) is 1. The zero-order chi connectivity index (χ0) is 9.36. The predicted octanol–water partition coefficient (Wildman–Crippen LogP) is 0.855. The molecule has 0 aliphatic rings. The van der Waals surface area contributed by atoms with Crippen molar-refractivity contribution in [3.05, 3.63) is 18.6 Å². The average molecular weight is 181 g/mol. The highest BCUT2D eigenvalue weighted by Gasteiger charge is 1.91. The van der Waals surface area contributed by atoms with E-state index in [1.165, 1.54) is 6.33 Å². The molecule has 1 aromatic rings. The minimum atomic E-state index is 0.633. The molecule has 0 saturated carbocycles. The Morgan fingerprint density at radius 3 is 3.08 bits per heavy atom. The molecule has 1 aromatic heterocycles. The molecule has 1 heterocycles. The highest BCUT2D eigenvalue weighted by Crippen LogP contribution is 1.99. The number of hydrogen-bond acceptors (Lipinski definition) is 4. The Balaban J connectivity index is 2.07. The minimum Gasteiger partial charge on any atom is -0.476 e. The van der Waals surface area contributed by atoms with Crippen molar-refractivity contribution in [1.82, 2.24) is 15.3 Å². The van der Waals surface area contributed by atoms with Gasteiger partial charge in [0.05, 0.1) is 0 Å². The summed E-state index contributed by atoms with van der Waals surface area (Å²) in [6.45, 7) is 4.68. The summed E-state index contributed by atoms with van der Waals surface area (Å²) >= 11 is 0. The predicted molar refractivity (Wildman–Crippen MR) is 50.7 cm³/mol. The summed E-state index contributed by atoms with van der Waals surface area (Å²) in [6, 6.07) is 1.75. The Bertz CT molecular complexity index is 215. The van der Waals surface area contributed by atoms with Gasteiger partial charge in [-0.15, -0.1) is 0 Å². The third-order valence-electron chi connectivity index (χ3n) is 1.51. The Labute approximate surface area is 78.4 Å². The first-order chi connectivity index (χ1) is 6.43. The van der Waals surface area contributed by atoms with Crippen LogP contribution in [0, 0.1) is 0 Å². The molecular formula is C9H15N3O. The Morgan fingerprint density at radius 1 is 1.46 bits per heavy atom. The second-order valence-electron chi connectivity index (χ2n) is 2.65. The van der Waals surface area contributed by atoms with Crippen molar-refractivity contribution in [2.45, 2.75) is 13.3 Å². The van der Waals surface area contributed by atoms with Gasteiger partial charge in [0.2, 0.25) is 5.88 Å². The molecule has 0 aliphatic carbocycles. The molecule has 0 aromatic carbocycles. The van der Waals surface area contributed by atoms with Crippen LogP contribution in [0.25, 0.3) is 0 Å². The lowest BCUT2D eigenvalue weighted by atomic mass is 10.5. The maximum absolute atomic E-state index is 5.34. The number of nitrogens with zero attached hydrogens (tertiary/aromatic N) is 2. The molecule has 72 valence electrons. The Hall–Kier alpha value is -1.16. The van der Waals surface area contributed by atoms with Crippen LogP contribution >= 0.6 is 0 Å². The van der Waals surface area contributed by atoms with Crippen molar-refractivity contribution in [2.24, 2.45) is 0 Å². The van der Waals surface area contributed by atoms with E-state index in [9.17, 15) is 0 Å². The molecule has 0 bridgehead atoms.